The molecule has 1 atom stereocenters. The van der Waals surface area contributed by atoms with Gasteiger partial charge in [0.2, 0.25) is 5.88 Å². The molecule has 1 rings (SSSR count). The third kappa shape index (κ3) is 3.91. The Morgan fingerprint density at radius 3 is 2.67 bits per heavy atom. The minimum absolute atomic E-state index is 0.00856. The van der Waals surface area contributed by atoms with Crippen LogP contribution in [0.3, 0.4) is 0 Å². The Morgan fingerprint density at radius 1 is 1.44 bits per heavy atom. The molecule has 100 valence electrons. The summed E-state index contributed by atoms with van der Waals surface area (Å²) < 4.78 is 5.78. The largest absolute Gasteiger partial charge is 0.474 e. The van der Waals surface area contributed by atoms with Crippen LogP contribution in [0, 0.1) is 12.8 Å². The van der Waals surface area contributed by atoms with Crippen molar-refractivity contribution in [3.63, 3.8) is 0 Å². The number of ether oxygens (including phenoxy) is 1. The zero-order valence-electron chi connectivity index (χ0n) is 11.3. The maximum atomic E-state index is 8.74. The monoisotopic (exact) mass is 251 g/mol. The summed E-state index contributed by atoms with van der Waals surface area (Å²) in [5.41, 5.74) is 6.94. The molecule has 1 aromatic rings. The highest BCUT2D eigenvalue weighted by atomic mass is 16.5. The third-order valence-electron chi connectivity index (χ3n) is 2.50. The number of aryl methyl sites for hydroxylation is 1. The van der Waals surface area contributed by atoms with Crippen LogP contribution in [0.5, 0.6) is 5.88 Å². The molecule has 0 spiro atoms. The van der Waals surface area contributed by atoms with Crippen molar-refractivity contribution in [1.82, 2.24) is 4.98 Å². The van der Waals surface area contributed by atoms with Crippen LogP contribution in [-0.2, 0) is 0 Å². The van der Waals surface area contributed by atoms with Gasteiger partial charge in [0.05, 0.1) is 11.7 Å². The Hall–Kier alpha value is -1.78. The molecule has 0 amide bonds. The van der Waals surface area contributed by atoms with Gasteiger partial charge in [-0.2, -0.15) is 0 Å². The molecule has 1 unspecified atom stereocenters. The predicted molar refractivity (Wildman–Crippen MR) is 71.0 cm³/mol. The highest BCUT2D eigenvalue weighted by molar-refractivity contribution is 5.99. The zero-order valence-corrected chi connectivity index (χ0v) is 11.3. The molecule has 0 aliphatic rings. The molecule has 18 heavy (non-hydrogen) atoms. The fourth-order valence-corrected chi connectivity index (χ4v) is 1.77. The Morgan fingerprint density at radius 2 is 2.11 bits per heavy atom. The average Bonchev–Trinajstić information content (AvgIpc) is 2.27. The van der Waals surface area contributed by atoms with Crippen LogP contribution in [0.2, 0.25) is 0 Å². The van der Waals surface area contributed by atoms with E-state index in [0.717, 1.165) is 12.1 Å². The first kappa shape index (κ1) is 14.3. The van der Waals surface area contributed by atoms with Gasteiger partial charge in [-0.15, -0.1) is 0 Å². The highest BCUT2D eigenvalue weighted by Gasteiger charge is 2.14. The van der Waals surface area contributed by atoms with Gasteiger partial charge in [0, 0.05) is 5.69 Å². The Bertz CT molecular complexity index is 430. The summed E-state index contributed by atoms with van der Waals surface area (Å²) in [6, 6.07) is 3.54. The van der Waals surface area contributed by atoms with Crippen LogP contribution in [0.1, 0.15) is 38.4 Å². The second kappa shape index (κ2) is 6.23. The van der Waals surface area contributed by atoms with E-state index in [1.54, 1.807) is 12.1 Å². The summed E-state index contributed by atoms with van der Waals surface area (Å²) in [5, 5.41) is 11.7. The maximum Gasteiger partial charge on any atom is 0.225 e. The van der Waals surface area contributed by atoms with Gasteiger partial charge >= 0.3 is 0 Å². The van der Waals surface area contributed by atoms with Gasteiger partial charge in [-0.1, -0.05) is 19.0 Å². The lowest BCUT2D eigenvalue weighted by molar-refractivity contribution is 0.185. The van der Waals surface area contributed by atoms with Crippen molar-refractivity contribution in [3.8, 4) is 5.88 Å². The van der Waals surface area contributed by atoms with E-state index in [4.69, 9.17) is 15.7 Å². The van der Waals surface area contributed by atoms with Crippen LogP contribution >= 0.6 is 0 Å². The molecule has 0 bridgehead atoms. The number of amidine groups is 1. The lowest BCUT2D eigenvalue weighted by atomic mass is 10.1. The van der Waals surface area contributed by atoms with Crippen LogP contribution in [0.15, 0.2) is 17.3 Å². The van der Waals surface area contributed by atoms with E-state index in [1.807, 2.05) is 13.8 Å². The number of oxime groups is 1. The number of rotatable bonds is 5. The first-order valence-corrected chi connectivity index (χ1v) is 6.06. The van der Waals surface area contributed by atoms with E-state index in [9.17, 15) is 0 Å². The van der Waals surface area contributed by atoms with Gasteiger partial charge in [0.15, 0.2) is 5.84 Å². The average molecular weight is 251 g/mol. The fourth-order valence-electron chi connectivity index (χ4n) is 1.77. The number of pyridine rings is 1. The molecule has 3 N–H and O–H groups in total. The summed E-state index contributed by atoms with van der Waals surface area (Å²) >= 11 is 0. The summed E-state index contributed by atoms with van der Waals surface area (Å²) in [6.45, 7) is 8.12. The van der Waals surface area contributed by atoms with Gasteiger partial charge < -0.3 is 15.7 Å². The second-order valence-electron chi connectivity index (χ2n) is 4.85. The topological polar surface area (TPSA) is 80.7 Å². The maximum absolute atomic E-state index is 8.74. The molecule has 1 heterocycles. The Balaban J connectivity index is 2.95. The standard InChI is InChI=1S/C13H21N3O2/c1-8(2)7-10(4)18-13-11(12(14)16-17)6-5-9(3)15-13/h5-6,8,10,17H,7H2,1-4H3,(H2,14,16). The van der Waals surface area contributed by atoms with E-state index < -0.39 is 0 Å². The van der Waals surface area contributed by atoms with Crippen molar-refractivity contribution >= 4 is 5.84 Å². The highest BCUT2D eigenvalue weighted by Crippen LogP contribution is 2.19. The second-order valence-corrected chi connectivity index (χ2v) is 4.85. The van der Waals surface area contributed by atoms with Gasteiger partial charge in [-0.3, -0.25) is 0 Å². The van der Waals surface area contributed by atoms with E-state index in [-0.39, 0.29) is 11.9 Å². The lowest BCUT2D eigenvalue weighted by Gasteiger charge is -2.18. The lowest BCUT2D eigenvalue weighted by Crippen LogP contribution is -2.20. The third-order valence-corrected chi connectivity index (χ3v) is 2.50. The van der Waals surface area contributed by atoms with E-state index >= 15 is 0 Å². The van der Waals surface area contributed by atoms with Crippen molar-refractivity contribution < 1.29 is 9.94 Å². The Labute approximate surface area is 108 Å². The van der Waals surface area contributed by atoms with Crippen molar-refractivity contribution in [2.45, 2.75) is 40.2 Å². The summed E-state index contributed by atoms with van der Waals surface area (Å²) in [4.78, 5) is 4.30. The molecule has 1 aromatic heterocycles. The minimum Gasteiger partial charge on any atom is -0.474 e. The smallest absolute Gasteiger partial charge is 0.225 e. The summed E-state index contributed by atoms with van der Waals surface area (Å²) in [5.74, 6) is 0.963. The van der Waals surface area contributed by atoms with Crippen LogP contribution in [0.25, 0.3) is 0 Å². The SMILES string of the molecule is Cc1ccc(C(N)=NO)c(OC(C)CC(C)C)n1. The van der Waals surface area contributed by atoms with E-state index in [0.29, 0.717) is 17.4 Å². The molecule has 0 aliphatic carbocycles. The first-order valence-electron chi connectivity index (χ1n) is 6.06. The van der Waals surface area contributed by atoms with Gasteiger partial charge in [0.1, 0.15) is 0 Å². The predicted octanol–water partition coefficient (Wildman–Crippen LogP) is 2.30. The van der Waals surface area contributed by atoms with E-state index in [1.165, 1.54) is 0 Å². The number of hydrogen-bond donors (Lipinski definition) is 2. The van der Waals surface area contributed by atoms with Gasteiger partial charge in [-0.25, -0.2) is 4.98 Å². The molecule has 0 aromatic carbocycles. The quantitative estimate of drug-likeness (QED) is 0.364. The molecule has 5 nitrogen and oxygen atoms in total. The molecule has 0 saturated heterocycles. The Kier molecular flexibility index (Phi) is 4.95. The first-order chi connectivity index (χ1) is 8.43. The van der Waals surface area contributed by atoms with Crippen LogP contribution < -0.4 is 10.5 Å². The number of nitrogens with zero attached hydrogens (tertiary/aromatic N) is 2. The zero-order chi connectivity index (χ0) is 13.7. The molecular formula is C13H21N3O2. The van der Waals surface area contributed by atoms with Gasteiger partial charge in [-0.05, 0) is 38.3 Å². The fraction of sp³-hybridized carbons (Fsp3) is 0.538. The molecule has 0 saturated carbocycles. The van der Waals surface area contributed by atoms with Crippen molar-refractivity contribution in [3.05, 3.63) is 23.4 Å². The van der Waals surface area contributed by atoms with Gasteiger partial charge in [0.25, 0.3) is 0 Å². The van der Waals surface area contributed by atoms with Crippen LogP contribution in [0.4, 0.5) is 0 Å². The number of nitrogens with two attached hydrogens (primary N) is 1. The molecule has 0 radical (unpaired) electrons. The number of aromatic nitrogens is 1. The molecule has 5 heteroatoms. The summed E-state index contributed by atoms with van der Waals surface area (Å²) in [6.07, 6.45) is 0.954. The normalized spacial score (nSPS) is 13.7. The van der Waals surface area contributed by atoms with Crippen molar-refractivity contribution in [2.24, 2.45) is 16.8 Å². The summed E-state index contributed by atoms with van der Waals surface area (Å²) in [7, 11) is 0. The molecular weight excluding hydrogens is 230 g/mol. The van der Waals surface area contributed by atoms with Crippen LogP contribution in [-0.4, -0.2) is 22.1 Å². The van der Waals surface area contributed by atoms with Crippen molar-refractivity contribution in [2.75, 3.05) is 0 Å². The minimum atomic E-state index is 0.00856. The molecule has 0 aliphatic heterocycles. The number of hydrogen-bond acceptors (Lipinski definition) is 4. The van der Waals surface area contributed by atoms with E-state index in [2.05, 4.69) is 24.0 Å². The molecule has 0 fully saturated rings. The van der Waals surface area contributed by atoms with Crippen molar-refractivity contribution in [1.29, 1.82) is 0 Å².